The lowest BCUT2D eigenvalue weighted by Gasteiger charge is -2.15. The second-order valence-electron chi connectivity index (χ2n) is 4.93. The van der Waals surface area contributed by atoms with Crippen molar-refractivity contribution < 1.29 is 13.2 Å². The summed E-state index contributed by atoms with van der Waals surface area (Å²) in [4.78, 5) is 16.2. The van der Waals surface area contributed by atoms with Gasteiger partial charge in [0.05, 0.1) is 4.90 Å². The van der Waals surface area contributed by atoms with Gasteiger partial charge in [-0.1, -0.05) is 0 Å². The molecule has 1 N–H and O–H groups in total. The van der Waals surface area contributed by atoms with Gasteiger partial charge in [0.15, 0.2) is 5.13 Å². The van der Waals surface area contributed by atoms with Crippen LogP contribution < -0.4 is 5.32 Å². The number of aromatic nitrogens is 1. The first-order valence-electron chi connectivity index (χ1n) is 6.88. The maximum Gasteiger partial charge on any atom is 0.257 e. The zero-order chi connectivity index (χ0) is 15.6. The molecule has 116 valence electrons. The number of hydrogen-bond donors (Lipinski definition) is 1. The standard InChI is InChI=1S/C14H15N3O3S2/c18-13(16-14-15-7-10-21-14)11-3-5-12(6-4-11)22(19,20)17-8-1-2-9-17/h3-7,10H,1-2,8-9H2,(H,15,16,18). The average Bonchev–Trinajstić information content (AvgIpc) is 3.21. The molecule has 1 aromatic carbocycles. The first-order chi connectivity index (χ1) is 10.6. The zero-order valence-corrected chi connectivity index (χ0v) is 13.4. The SMILES string of the molecule is O=C(Nc1nccs1)c1ccc(S(=O)(=O)N2CCCC2)cc1. The van der Waals surface area contributed by atoms with E-state index >= 15 is 0 Å². The van der Waals surface area contributed by atoms with E-state index in [0.29, 0.717) is 23.8 Å². The summed E-state index contributed by atoms with van der Waals surface area (Å²) in [6.45, 7) is 1.13. The van der Waals surface area contributed by atoms with Crippen molar-refractivity contribution in [2.45, 2.75) is 17.7 Å². The molecule has 0 saturated carbocycles. The van der Waals surface area contributed by atoms with Crippen LogP contribution in [-0.2, 0) is 10.0 Å². The highest BCUT2D eigenvalue weighted by atomic mass is 32.2. The third-order valence-electron chi connectivity index (χ3n) is 3.47. The van der Waals surface area contributed by atoms with E-state index in [2.05, 4.69) is 10.3 Å². The van der Waals surface area contributed by atoms with Crippen LogP contribution >= 0.6 is 11.3 Å². The predicted octanol–water partition coefficient (Wildman–Crippen LogP) is 2.18. The number of carbonyl (C=O) groups is 1. The third kappa shape index (κ3) is 3.03. The number of nitrogens with zero attached hydrogens (tertiary/aromatic N) is 2. The lowest BCUT2D eigenvalue weighted by atomic mass is 10.2. The minimum Gasteiger partial charge on any atom is -0.298 e. The van der Waals surface area contributed by atoms with E-state index in [1.807, 2.05) is 0 Å². The quantitative estimate of drug-likeness (QED) is 0.927. The highest BCUT2D eigenvalue weighted by Gasteiger charge is 2.27. The Morgan fingerprint density at radius 1 is 1.18 bits per heavy atom. The fraction of sp³-hybridized carbons (Fsp3) is 0.286. The minimum absolute atomic E-state index is 0.222. The van der Waals surface area contributed by atoms with E-state index in [9.17, 15) is 13.2 Å². The molecule has 0 unspecified atom stereocenters. The van der Waals surface area contributed by atoms with Gasteiger partial charge < -0.3 is 0 Å². The molecule has 2 heterocycles. The van der Waals surface area contributed by atoms with Gasteiger partial charge in [0.25, 0.3) is 5.91 Å². The van der Waals surface area contributed by atoms with Crippen LogP contribution in [0.2, 0.25) is 0 Å². The highest BCUT2D eigenvalue weighted by Crippen LogP contribution is 2.21. The van der Waals surface area contributed by atoms with Gasteiger partial charge in [0.2, 0.25) is 10.0 Å². The van der Waals surface area contributed by atoms with Gasteiger partial charge in [-0.25, -0.2) is 13.4 Å². The van der Waals surface area contributed by atoms with Gasteiger partial charge >= 0.3 is 0 Å². The number of nitrogens with one attached hydrogen (secondary N) is 1. The van der Waals surface area contributed by atoms with E-state index in [1.165, 1.54) is 39.9 Å². The fourth-order valence-electron chi connectivity index (χ4n) is 2.31. The molecule has 2 aromatic rings. The van der Waals surface area contributed by atoms with Gasteiger partial charge in [-0.2, -0.15) is 4.31 Å². The Bertz CT molecular complexity index is 749. The summed E-state index contributed by atoms with van der Waals surface area (Å²) < 4.78 is 26.3. The van der Waals surface area contributed by atoms with E-state index in [4.69, 9.17) is 0 Å². The molecule has 6 nitrogen and oxygen atoms in total. The summed E-state index contributed by atoms with van der Waals surface area (Å²) in [6.07, 6.45) is 3.40. The topological polar surface area (TPSA) is 79.4 Å². The average molecular weight is 337 g/mol. The van der Waals surface area contributed by atoms with E-state index in [1.54, 1.807) is 11.6 Å². The Labute approximate surface area is 132 Å². The maximum atomic E-state index is 12.4. The first kappa shape index (κ1) is 15.1. The van der Waals surface area contributed by atoms with Crippen LogP contribution in [0.5, 0.6) is 0 Å². The van der Waals surface area contributed by atoms with Gasteiger partial charge in [0, 0.05) is 30.2 Å². The van der Waals surface area contributed by atoms with Crippen LogP contribution in [0.25, 0.3) is 0 Å². The molecule has 1 aromatic heterocycles. The molecular formula is C14H15N3O3S2. The molecule has 0 radical (unpaired) electrons. The second kappa shape index (κ2) is 6.15. The number of benzene rings is 1. The molecule has 22 heavy (non-hydrogen) atoms. The number of carbonyl (C=O) groups excluding carboxylic acids is 1. The predicted molar refractivity (Wildman–Crippen MR) is 84.5 cm³/mol. The summed E-state index contributed by atoms with van der Waals surface area (Å²) in [5.41, 5.74) is 0.399. The highest BCUT2D eigenvalue weighted by molar-refractivity contribution is 7.89. The van der Waals surface area contributed by atoms with Gasteiger partial charge in [-0.3, -0.25) is 10.1 Å². The van der Waals surface area contributed by atoms with Crippen molar-refractivity contribution in [3.63, 3.8) is 0 Å². The molecule has 1 fully saturated rings. The van der Waals surface area contributed by atoms with Crippen LogP contribution in [-0.4, -0.2) is 36.7 Å². The molecule has 0 atom stereocenters. The van der Waals surface area contributed by atoms with Crippen molar-refractivity contribution in [3.05, 3.63) is 41.4 Å². The number of thiazole rings is 1. The molecule has 1 saturated heterocycles. The second-order valence-corrected chi connectivity index (χ2v) is 7.76. The maximum absolute atomic E-state index is 12.4. The lowest BCUT2D eigenvalue weighted by Crippen LogP contribution is -2.27. The largest absolute Gasteiger partial charge is 0.298 e. The molecule has 0 bridgehead atoms. The Morgan fingerprint density at radius 2 is 1.86 bits per heavy atom. The molecule has 1 amide bonds. The Hall–Kier alpha value is -1.77. The van der Waals surface area contributed by atoms with Crippen LogP contribution in [0, 0.1) is 0 Å². The molecule has 1 aliphatic rings. The van der Waals surface area contributed by atoms with Gasteiger partial charge in [0.1, 0.15) is 0 Å². The number of hydrogen-bond acceptors (Lipinski definition) is 5. The third-order valence-corrected chi connectivity index (χ3v) is 6.07. The van der Waals surface area contributed by atoms with E-state index in [0.717, 1.165) is 12.8 Å². The molecule has 0 spiro atoms. The molecular weight excluding hydrogens is 322 g/mol. The zero-order valence-electron chi connectivity index (χ0n) is 11.7. The van der Waals surface area contributed by atoms with Crippen LogP contribution in [0.15, 0.2) is 40.7 Å². The number of amides is 1. The van der Waals surface area contributed by atoms with Crippen molar-refractivity contribution in [2.24, 2.45) is 0 Å². The summed E-state index contributed by atoms with van der Waals surface area (Å²) in [6, 6.07) is 5.99. The number of rotatable bonds is 4. The molecule has 1 aliphatic heterocycles. The Morgan fingerprint density at radius 3 is 2.45 bits per heavy atom. The van der Waals surface area contributed by atoms with Crippen LogP contribution in [0.3, 0.4) is 0 Å². The van der Waals surface area contributed by atoms with Crippen molar-refractivity contribution in [1.29, 1.82) is 0 Å². The summed E-state index contributed by atoms with van der Waals surface area (Å²) in [5.74, 6) is -0.305. The summed E-state index contributed by atoms with van der Waals surface area (Å²) in [7, 11) is -3.44. The summed E-state index contributed by atoms with van der Waals surface area (Å²) >= 11 is 1.32. The molecule has 3 rings (SSSR count). The summed E-state index contributed by atoms with van der Waals surface area (Å²) in [5, 5.41) is 4.94. The van der Waals surface area contributed by atoms with Crippen molar-refractivity contribution in [1.82, 2.24) is 9.29 Å². The lowest BCUT2D eigenvalue weighted by molar-refractivity contribution is 0.102. The van der Waals surface area contributed by atoms with Crippen LogP contribution in [0.1, 0.15) is 23.2 Å². The van der Waals surface area contributed by atoms with Gasteiger partial charge in [-0.15, -0.1) is 11.3 Å². The Balaban J connectivity index is 1.76. The van der Waals surface area contributed by atoms with Crippen molar-refractivity contribution in [3.8, 4) is 0 Å². The monoisotopic (exact) mass is 337 g/mol. The first-order valence-corrected chi connectivity index (χ1v) is 9.20. The Kier molecular flexibility index (Phi) is 4.23. The number of sulfonamides is 1. The number of anilines is 1. The van der Waals surface area contributed by atoms with Crippen LogP contribution in [0.4, 0.5) is 5.13 Å². The van der Waals surface area contributed by atoms with E-state index < -0.39 is 10.0 Å². The van der Waals surface area contributed by atoms with Gasteiger partial charge in [-0.05, 0) is 37.1 Å². The minimum atomic E-state index is -3.44. The van der Waals surface area contributed by atoms with Crippen molar-refractivity contribution >= 4 is 32.4 Å². The fourth-order valence-corrected chi connectivity index (χ4v) is 4.35. The van der Waals surface area contributed by atoms with E-state index in [-0.39, 0.29) is 10.8 Å². The molecule has 0 aliphatic carbocycles. The smallest absolute Gasteiger partial charge is 0.257 e. The normalized spacial score (nSPS) is 15.8. The molecule has 8 heteroatoms. The van der Waals surface area contributed by atoms with Crippen molar-refractivity contribution in [2.75, 3.05) is 18.4 Å².